The molecule has 1 saturated carbocycles. The third-order valence-corrected chi connectivity index (χ3v) is 4.23. The van der Waals surface area contributed by atoms with Gasteiger partial charge < -0.3 is 15.4 Å². The number of esters is 1. The number of benzene rings is 1. The standard InChI is InChI=1S/C18H24N2O4/c1-24-16(21)11-12-19-17(22)14-7-9-15(10-8-14)20-18(23)13-5-3-2-4-6-13/h7-10,13H,2-6,11-12H2,1H3,(H,19,22)(H,20,23). The van der Waals surface area contributed by atoms with Gasteiger partial charge in [0.25, 0.3) is 5.91 Å². The van der Waals surface area contributed by atoms with Crippen LogP contribution in [0.4, 0.5) is 5.69 Å². The number of ether oxygens (including phenoxy) is 1. The van der Waals surface area contributed by atoms with Gasteiger partial charge in [0.2, 0.25) is 5.91 Å². The van der Waals surface area contributed by atoms with Gasteiger partial charge in [0.05, 0.1) is 13.5 Å². The minimum atomic E-state index is -0.365. The van der Waals surface area contributed by atoms with E-state index in [1.165, 1.54) is 13.5 Å². The first-order chi connectivity index (χ1) is 11.6. The zero-order valence-electron chi connectivity index (χ0n) is 14.0. The van der Waals surface area contributed by atoms with E-state index in [-0.39, 0.29) is 36.7 Å². The van der Waals surface area contributed by atoms with Gasteiger partial charge in [-0.15, -0.1) is 0 Å². The van der Waals surface area contributed by atoms with Gasteiger partial charge in [0.1, 0.15) is 0 Å². The second kappa shape index (κ2) is 9.05. The van der Waals surface area contributed by atoms with Gasteiger partial charge in [-0.25, -0.2) is 0 Å². The predicted molar refractivity (Wildman–Crippen MR) is 90.6 cm³/mol. The molecular formula is C18H24N2O4. The molecule has 1 aliphatic rings. The number of hydrogen-bond donors (Lipinski definition) is 2. The molecule has 1 aromatic carbocycles. The van der Waals surface area contributed by atoms with Crippen molar-refractivity contribution in [3.8, 4) is 0 Å². The minimum Gasteiger partial charge on any atom is -0.469 e. The van der Waals surface area contributed by atoms with Crippen LogP contribution in [0.1, 0.15) is 48.9 Å². The molecule has 0 spiro atoms. The van der Waals surface area contributed by atoms with Crippen molar-refractivity contribution in [2.24, 2.45) is 5.92 Å². The van der Waals surface area contributed by atoms with Crippen molar-refractivity contribution >= 4 is 23.5 Å². The fourth-order valence-corrected chi connectivity index (χ4v) is 2.80. The topological polar surface area (TPSA) is 84.5 Å². The van der Waals surface area contributed by atoms with Crippen molar-refractivity contribution in [3.63, 3.8) is 0 Å². The quantitative estimate of drug-likeness (QED) is 0.784. The maximum absolute atomic E-state index is 12.2. The molecule has 24 heavy (non-hydrogen) atoms. The number of amides is 2. The summed E-state index contributed by atoms with van der Waals surface area (Å²) >= 11 is 0. The Morgan fingerprint density at radius 2 is 1.75 bits per heavy atom. The molecular weight excluding hydrogens is 308 g/mol. The van der Waals surface area contributed by atoms with Crippen LogP contribution in [-0.2, 0) is 14.3 Å². The average molecular weight is 332 g/mol. The van der Waals surface area contributed by atoms with E-state index in [0.717, 1.165) is 25.7 Å². The van der Waals surface area contributed by atoms with Crippen molar-refractivity contribution in [2.45, 2.75) is 38.5 Å². The molecule has 0 unspecified atom stereocenters. The third kappa shape index (κ3) is 5.37. The molecule has 2 rings (SSSR count). The molecule has 0 aliphatic heterocycles. The van der Waals surface area contributed by atoms with Gasteiger partial charge in [0, 0.05) is 23.7 Å². The summed E-state index contributed by atoms with van der Waals surface area (Å²) in [6.45, 7) is 0.228. The molecule has 0 saturated heterocycles. The number of carbonyl (C=O) groups is 3. The molecule has 1 aliphatic carbocycles. The molecule has 0 bridgehead atoms. The Kier molecular flexibility index (Phi) is 6.78. The van der Waals surface area contributed by atoms with Crippen LogP contribution < -0.4 is 10.6 Å². The number of anilines is 1. The van der Waals surface area contributed by atoms with Crippen molar-refractivity contribution in [3.05, 3.63) is 29.8 Å². The van der Waals surface area contributed by atoms with Crippen LogP contribution in [0.15, 0.2) is 24.3 Å². The lowest BCUT2D eigenvalue weighted by Crippen LogP contribution is -2.26. The summed E-state index contributed by atoms with van der Waals surface area (Å²) in [7, 11) is 1.31. The molecule has 2 N–H and O–H groups in total. The Morgan fingerprint density at radius 1 is 1.08 bits per heavy atom. The fraction of sp³-hybridized carbons (Fsp3) is 0.500. The lowest BCUT2D eigenvalue weighted by Gasteiger charge is -2.20. The lowest BCUT2D eigenvalue weighted by molar-refractivity contribution is -0.140. The second-order valence-corrected chi connectivity index (χ2v) is 5.98. The lowest BCUT2D eigenvalue weighted by atomic mass is 9.88. The summed E-state index contributed by atoms with van der Waals surface area (Å²) in [5, 5.41) is 5.56. The molecule has 130 valence electrons. The maximum atomic E-state index is 12.2. The van der Waals surface area contributed by atoms with Crippen LogP contribution >= 0.6 is 0 Å². The monoisotopic (exact) mass is 332 g/mol. The Morgan fingerprint density at radius 3 is 2.38 bits per heavy atom. The van der Waals surface area contributed by atoms with Gasteiger partial charge in [-0.3, -0.25) is 14.4 Å². The van der Waals surface area contributed by atoms with Crippen LogP contribution in [0, 0.1) is 5.92 Å². The highest BCUT2D eigenvalue weighted by Gasteiger charge is 2.21. The molecule has 0 atom stereocenters. The van der Waals surface area contributed by atoms with Gasteiger partial charge in [-0.05, 0) is 37.1 Å². The fourth-order valence-electron chi connectivity index (χ4n) is 2.80. The largest absolute Gasteiger partial charge is 0.469 e. The van der Waals surface area contributed by atoms with E-state index in [1.54, 1.807) is 24.3 Å². The summed E-state index contributed by atoms with van der Waals surface area (Å²) in [6.07, 6.45) is 5.48. The van der Waals surface area contributed by atoms with E-state index in [9.17, 15) is 14.4 Å². The summed E-state index contributed by atoms with van der Waals surface area (Å²) < 4.78 is 4.51. The molecule has 6 heteroatoms. The summed E-state index contributed by atoms with van der Waals surface area (Å²) in [5.74, 6) is -0.467. The highest BCUT2D eigenvalue weighted by molar-refractivity contribution is 5.96. The SMILES string of the molecule is COC(=O)CCNC(=O)c1ccc(NC(=O)C2CCCCC2)cc1. The van der Waals surface area contributed by atoms with Crippen LogP contribution in [0.25, 0.3) is 0 Å². The molecule has 1 aromatic rings. The third-order valence-electron chi connectivity index (χ3n) is 4.23. The van der Waals surface area contributed by atoms with Crippen LogP contribution in [0.3, 0.4) is 0 Å². The van der Waals surface area contributed by atoms with Crippen molar-refractivity contribution < 1.29 is 19.1 Å². The van der Waals surface area contributed by atoms with E-state index in [1.807, 2.05) is 0 Å². The van der Waals surface area contributed by atoms with Gasteiger partial charge in [-0.2, -0.15) is 0 Å². The molecule has 0 radical (unpaired) electrons. The Hall–Kier alpha value is -2.37. The molecule has 0 heterocycles. The Bertz CT molecular complexity index is 577. The number of hydrogen-bond acceptors (Lipinski definition) is 4. The summed E-state index contributed by atoms with van der Waals surface area (Å²) in [6, 6.07) is 6.75. The van der Waals surface area contributed by atoms with Crippen LogP contribution in [0.5, 0.6) is 0 Å². The van der Waals surface area contributed by atoms with Gasteiger partial charge >= 0.3 is 5.97 Å². The number of carbonyl (C=O) groups excluding carboxylic acids is 3. The van der Waals surface area contributed by atoms with Gasteiger partial charge in [-0.1, -0.05) is 19.3 Å². The van der Waals surface area contributed by atoms with E-state index < -0.39 is 0 Å². The van der Waals surface area contributed by atoms with Crippen molar-refractivity contribution in [1.29, 1.82) is 0 Å². The second-order valence-electron chi connectivity index (χ2n) is 5.98. The highest BCUT2D eigenvalue weighted by Crippen LogP contribution is 2.25. The van der Waals surface area contributed by atoms with E-state index in [0.29, 0.717) is 11.3 Å². The van der Waals surface area contributed by atoms with Crippen molar-refractivity contribution in [2.75, 3.05) is 19.0 Å². The van der Waals surface area contributed by atoms with Crippen LogP contribution in [0.2, 0.25) is 0 Å². The maximum Gasteiger partial charge on any atom is 0.307 e. The smallest absolute Gasteiger partial charge is 0.307 e. The van der Waals surface area contributed by atoms with Crippen molar-refractivity contribution in [1.82, 2.24) is 5.32 Å². The molecule has 2 amide bonds. The van der Waals surface area contributed by atoms with Crippen LogP contribution in [-0.4, -0.2) is 31.4 Å². The predicted octanol–water partition coefficient (Wildman–Crippen LogP) is 2.50. The number of methoxy groups -OCH3 is 1. The normalized spacial score (nSPS) is 14.7. The summed E-state index contributed by atoms with van der Waals surface area (Å²) in [4.78, 5) is 35.1. The molecule has 6 nitrogen and oxygen atoms in total. The first-order valence-electron chi connectivity index (χ1n) is 8.36. The molecule has 0 aromatic heterocycles. The average Bonchev–Trinajstić information content (AvgIpc) is 2.62. The Balaban J connectivity index is 1.82. The first-order valence-corrected chi connectivity index (χ1v) is 8.36. The van der Waals surface area contributed by atoms with Gasteiger partial charge in [0.15, 0.2) is 0 Å². The highest BCUT2D eigenvalue weighted by atomic mass is 16.5. The van der Waals surface area contributed by atoms with E-state index >= 15 is 0 Å². The zero-order chi connectivity index (χ0) is 17.4. The summed E-state index contributed by atoms with van der Waals surface area (Å²) in [5.41, 5.74) is 1.17. The number of rotatable bonds is 6. The Labute approximate surface area is 142 Å². The molecule has 1 fully saturated rings. The minimum absolute atomic E-state index is 0.0602. The van der Waals surface area contributed by atoms with E-state index in [4.69, 9.17) is 0 Å². The van der Waals surface area contributed by atoms with E-state index in [2.05, 4.69) is 15.4 Å². The first kappa shape index (κ1) is 18.0. The number of nitrogens with one attached hydrogen (secondary N) is 2. The zero-order valence-corrected chi connectivity index (χ0v) is 14.0.